The summed E-state index contributed by atoms with van der Waals surface area (Å²) in [5.41, 5.74) is 1.43. The molecule has 2 rings (SSSR count). The maximum absolute atomic E-state index is 12.0. The molecule has 0 aliphatic heterocycles. The number of methoxy groups -OCH3 is 2. The van der Waals surface area contributed by atoms with Crippen LogP contribution in [0.1, 0.15) is 5.56 Å². The second-order valence-corrected chi connectivity index (χ2v) is 4.31. The smallest absolute Gasteiger partial charge is 0.324 e. The Morgan fingerprint density at radius 1 is 1.14 bits per heavy atom. The minimum absolute atomic E-state index is 0.389. The van der Waals surface area contributed by atoms with Gasteiger partial charge in [-0.1, -0.05) is 6.07 Å². The number of carbonyl (C=O) groups is 1. The monoisotopic (exact) mass is 287 g/mol. The predicted octanol–water partition coefficient (Wildman–Crippen LogP) is 3.05. The molecule has 6 heteroatoms. The Hall–Kier alpha value is -2.76. The van der Waals surface area contributed by atoms with Crippen LogP contribution in [0.25, 0.3) is 0 Å². The van der Waals surface area contributed by atoms with Crippen molar-refractivity contribution in [2.24, 2.45) is 0 Å². The molecule has 1 aromatic heterocycles. The molecule has 2 amide bonds. The lowest BCUT2D eigenvalue weighted by Gasteiger charge is -2.12. The molecule has 0 bridgehead atoms. The molecule has 1 heterocycles. The van der Waals surface area contributed by atoms with E-state index in [9.17, 15) is 4.79 Å². The van der Waals surface area contributed by atoms with Crippen LogP contribution in [0.4, 0.5) is 16.3 Å². The summed E-state index contributed by atoms with van der Waals surface area (Å²) in [6.45, 7) is 1.87. The van der Waals surface area contributed by atoms with Gasteiger partial charge in [-0.2, -0.15) is 0 Å². The third-order valence-corrected chi connectivity index (χ3v) is 2.90. The first-order chi connectivity index (χ1) is 10.1. The van der Waals surface area contributed by atoms with Gasteiger partial charge in [0.15, 0.2) is 0 Å². The number of nitrogens with zero attached hydrogens (tertiary/aromatic N) is 1. The van der Waals surface area contributed by atoms with E-state index in [-0.39, 0.29) is 6.03 Å². The number of nitrogens with one attached hydrogen (secondary N) is 2. The van der Waals surface area contributed by atoms with E-state index in [1.165, 1.54) is 7.11 Å². The predicted molar refractivity (Wildman–Crippen MR) is 81.2 cm³/mol. The molecule has 21 heavy (non-hydrogen) atoms. The molecule has 1 aromatic carbocycles. The molecule has 110 valence electrons. The first-order valence-corrected chi connectivity index (χ1v) is 6.35. The molecule has 0 unspecified atom stereocenters. The van der Waals surface area contributed by atoms with Crippen molar-refractivity contribution >= 4 is 17.5 Å². The molecular formula is C15H17N3O3. The summed E-state index contributed by atoms with van der Waals surface area (Å²) in [5.74, 6) is 1.68. The molecule has 0 aliphatic carbocycles. The van der Waals surface area contributed by atoms with Crippen LogP contribution in [0.2, 0.25) is 0 Å². The van der Waals surface area contributed by atoms with Gasteiger partial charge in [-0.25, -0.2) is 9.78 Å². The normalized spacial score (nSPS) is 9.86. The maximum Gasteiger partial charge on any atom is 0.324 e. The highest BCUT2D eigenvalue weighted by atomic mass is 16.5. The van der Waals surface area contributed by atoms with Crippen molar-refractivity contribution in [2.75, 3.05) is 24.9 Å². The highest BCUT2D eigenvalue weighted by Crippen LogP contribution is 2.29. The van der Waals surface area contributed by atoms with Gasteiger partial charge in [-0.3, -0.25) is 5.32 Å². The van der Waals surface area contributed by atoms with Gasteiger partial charge in [0.1, 0.15) is 17.3 Å². The van der Waals surface area contributed by atoms with Gasteiger partial charge in [0.25, 0.3) is 0 Å². The van der Waals surface area contributed by atoms with E-state index >= 15 is 0 Å². The zero-order valence-electron chi connectivity index (χ0n) is 12.1. The molecule has 0 saturated carbocycles. The number of aryl methyl sites for hydroxylation is 1. The SMILES string of the molecule is COc1ccc(NC(=O)Nc2ncccc2C)c(OC)c1. The fourth-order valence-electron chi connectivity index (χ4n) is 1.78. The maximum atomic E-state index is 12.0. The largest absolute Gasteiger partial charge is 0.497 e. The minimum Gasteiger partial charge on any atom is -0.497 e. The van der Waals surface area contributed by atoms with Gasteiger partial charge in [-0.05, 0) is 30.7 Å². The number of carbonyl (C=O) groups excluding carboxylic acids is 1. The Kier molecular flexibility index (Phi) is 4.61. The van der Waals surface area contributed by atoms with Crippen LogP contribution in [0.5, 0.6) is 11.5 Å². The molecule has 0 atom stereocenters. The van der Waals surface area contributed by atoms with Crippen LogP contribution >= 0.6 is 0 Å². The highest BCUT2D eigenvalue weighted by Gasteiger charge is 2.10. The van der Waals surface area contributed by atoms with E-state index in [0.29, 0.717) is 23.0 Å². The number of hydrogen-bond acceptors (Lipinski definition) is 4. The van der Waals surface area contributed by atoms with Gasteiger partial charge in [0.2, 0.25) is 0 Å². The van der Waals surface area contributed by atoms with Gasteiger partial charge in [0, 0.05) is 12.3 Å². The van der Waals surface area contributed by atoms with Gasteiger partial charge < -0.3 is 14.8 Å². The summed E-state index contributed by atoms with van der Waals surface area (Å²) in [7, 11) is 3.10. The molecule has 0 saturated heterocycles. The van der Waals surface area contributed by atoms with Crippen molar-refractivity contribution < 1.29 is 14.3 Å². The summed E-state index contributed by atoms with van der Waals surface area (Å²) >= 11 is 0. The van der Waals surface area contributed by atoms with Crippen molar-refractivity contribution in [1.29, 1.82) is 0 Å². The lowest BCUT2D eigenvalue weighted by atomic mass is 10.2. The molecule has 0 fully saturated rings. The highest BCUT2D eigenvalue weighted by molar-refractivity contribution is 6.00. The van der Waals surface area contributed by atoms with Crippen LogP contribution in [-0.2, 0) is 0 Å². The van der Waals surface area contributed by atoms with E-state index in [1.54, 1.807) is 31.5 Å². The van der Waals surface area contributed by atoms with Crippen LogP contribution in [0, 0.1) is 6.92 Å². The standard InChI is InChI=1S/C15H17N3O3/c1-10-5-4-8-16-14(10)18-15(19)17-12-7-6-11(20-2)9-13(12)21-3/h4-9H,1-3H3,(H2,16,17,18,19). The Balaban J connectivity index is 2.11. The van der Waals surface area contributed by atoms with Crippen molar-refractivity contribution in [1.82, 2.24) is 4.98 Å². The molecule has 0 radical (unpaired) electrons. The van der Waals surface area contributed by atoms with E-state index in [4.69, 9.17) is 9.47 Å². The van der Waals surface area contributed by atoms with E-state index in [2.05, 4.69) is 15.6 Å². The molecule has 0 spiro atoms. The van der Waals surface area contributed by atoms with Crippen molar-refractivity contribution in [3.63, 3.8) is 0 Å². The van der Waals surface area contributed by atoms with Crippen LogP contribution in [0.3, 0.4) is 0 Å². The summed E-state index contributed by atoms with van der Waals surface area (Å²) < 4.78 is 10.3. The third-order valence-electron chi connectivity index (χ3n) is 2.90. The lowest BCUT2D eigenvalue weighted by molar-refractivity contribution is 0.262. The first-order valence-electron chi connectivity index (χ1n) is 6.35. The number of hydrogen-bond donors (Lipinski definition) is 2. The zero-order valence-corrected chi connectivity index (χ0v) is 12.1. The Bertz CT molecular complexity index is 644. The number of rotatable bonds is 4. The molecule has 2 aromatic rings. The second-order valence-electron chi connectivity index (χ2n) is 4.31. The molecular weight excluding hydrogens is 270 g/mol. The average Bonchev–Trinajstić information content (AvgIpc) is 2.50. The van der Waals surface area contributed by atoms with Crippen molar-refractivity contribution in [3.05, 3.63) is 42.1 Å². The fourth-order valence-corrected chi connectivity index (χ4v) is 1.78. The summed E-state index contributed by atoms with van der Waals surface area (Å²) in [6, 6.07) is 8.44. The molecule has 0 aliphatic rings. The lowest BCUT2D eigenvalue weighted by Crippen LogP contribution is -2.21. The first kappa shape index (κ1) is 14.6. The number of anilines is 2. The Morgan fingerprint density at radius 3 is 2.62 bits per heavy atom. The number of benzene rings is 1. The minimum atomic E-state index is -0.389. The summed E-state index contributed by atoms with van der Waals surface area (Å²) in [5, 5.41) is 5.41. The van der Waals surface area contributed by atoms with Crippen LogP contribution in [0.15, 0.2) is 36.5 Å². The number of ether oxygens (including phenoxy) is 2. The third kappa shape index (κ3) is 3.62. The molecule has 2 N–H and O–H groups in total. The number of amides is 2. The quantitative estimate of drug-likeness (QED) is 0.906. The number of aromatic nitrogens is 1. The van der Waals surface area contributed by atoms with Crippen LogP contribution in [-0.4, -0.2) is 25.2 Å². The van der Waals surface area contributed by atoms with E-state index in [1.807, 2.05) is 19.1 Å². The Labute approximate surface area is 123 Å². The van der Waals surface area contributed by atoms with Gasteiger partial charge in [-0.15, -0.1) is 0 Å². The van der Waals surface area contributed by atoms with Gasteiger partial charge in [0.05, 0.1) is 19.9 Å². The number of pyridine rings is 1. The Morgan fingerprint density at radius 2 is 1.95 bits per heavy atom. The van der Waals surface area contributed by atoms with Crippen molar-refractivity contribution in [3.8, 4) is 11.5 Å². The fraction of sp³-hybridized carbons (Fsp3) is 0.200. The average molecular weight is 287 g/mol. The van der Waals surface area contributed by atoms with E-state index < -0.39 is 0 Å². The van der Waals surface area contributed by atoms with Gasteiger partial charge >= 0.3 is 6.03 Å². The summed E-state index contributed by atoms with van der Waals surface area (Å²) in [4.78, 5) is 16.1. The zero-order chi connectivity index (χ0) is 15.2. The molecule has 6 nitrogen and oxygen atoms in total. The topological polar surface area (TPSA) is 72.5 Å². The van der Waals surface area contributed by atoms with E-state index in [0.717, 1.165) is 5.56 Å². The summed E-state index contributed by atoms with van der Waals surface area (Å²) in [6.07, 6.45) is 1.62. The second kappa shape index (κ2) is 6.60. The number of urea groups is 1. The van der Waals surface area contributed by atoms with Crippen molar-refractivity contribution in [2.45, 2.75) is 6.92 Å². The van der Waals surface area contributed by atoms with Crippen LogP contribution < -0.4 is 20.1 Å².